The first-order chi connectivity index (χ1) is 8.24. The van der Waals surface area contributed by atoms with Crippen LogP contribution in [0.2, 0.25) is 0 Å². The van der Waals surface area contributed by atoms with Gasteiger partial charge in [-0.15, -0.1) is 0 Å². The second kappa shape index (κ2) is 4.97. The molecule has 2 aromatic rings. The van der Waals surface area contributed by atoms with Crippen molar-refractivity contribution >= 4 is 22.7 Å². The fourth-order valence-electron chi connectivity index (χ4n) is 1.85. The van der Waals surface area contributed by atoms with Gasteiger partial charge in [0, 0.05) is 36.9 Å². The van der Waals surface area contributed by atoms with Crippen LogP contribution in [0.3, 0.4) is 0 Å². The number of carboxylic acids is 1. The van der Waals surface area contributed by atoms with Crippen molar-refractivity contribution in [3.05, 3.63) is 30.1 Å². The van der Waals surface area contributed by atoms with Gasteiger partial charge in [-0.25, -0.2) is 9.78 Å². The summed E-state index contributed by atoms with van der Waals surface area (Å²) in [6.07, 6.45) is 4.26. The molecule has 0 spiro atoms. The first-order valence-corrected chi connectivity index (χ1v) is 5.48. The van der Waals surface area contributed by atoms with Gasteiger partial charge in [-0.05, 0) is 12.5 Å². The van der Waals surface area contributed by atoms with Crippen LogP contribution in [-0.2, 0) is 0 Å². The molecule has 0 radical (unpaired) electrons. The number of carboxylic acid groups (broad SMARTS) is 1. The molecule has 5 nitrogen and oxygen atoms in total. The molecule has 0 aromatic carbocycles. The third-order valence-electron chi connectivity index (χ3n) is 2.98. The van der Waals surface area contributed by atoms with Crippen molar-refractivity contribution in [3.8, 4) is 0 Å². The number of hydrogen-bond acceptors (Lipinski definition) is 4. The maximum Gasteiger partial charge on any atom is 1.00 e. The summed E-state index contributed by atoms with van der Waals surface area (Å²) in [5.74, 6) is -0.0504. The maximum atomic E-state index is 10.8. The van der Waals surface area contributed by atoms with Gasteiger partial charge < -0.3 is 11.4 Å². The van der Waals surface area contributed by atoms with Crippen molar-refractivity contribution in [2.45, 2.75) is 6.42 Å². The molecule has 3 heterocycles. The number of rotatable bonds is 2. The Bertz CT molecular complexity index is 605. The van der Waals surface area contributed by atoms with Gasteiger partial charge in [0.05, 0.1) is 11.1 Å². The number of hydrogen-bond donors (Lipinski definition) is 1. The first kappa shape index (κ1) is 12.9. The van der Waals surface area contributed by atoms with Crippen molar-refractivity contribution in [3.63, 3.8) is 0 Å². The van der Waals surface area contributed by atoms with Crippen LogP contribution in [0.4, 0.5) is 5.82 Å². The van der Waals surface area contributed by atoms with Gasteiger partial charge in [-0.1, -0.05) is 0 Å². The van der Waals surface area contributed by atoms with Gasteiger partial charge in [-0.3, -0.25) is 4.98 Å². The maximum absolute atomic E-state index is 10.8. The van der Waals surface area contributed by atoms with E-state index in [1.807, 2.05) is 6.07 Å². The van der Waals surface area contributed by atoms with Crippen LogP contribution in [0.1, 0.15) is 18.2 Å². The minimum atomic E-state index is -0.966. The Kier molecular flexibility index (Phi) is 3.55. The monoisotopic (exact) mass is 237 g/mol. The molecule has 1 N–H and O–H groups in total. The second-order valence-electron chi connectivity index (χ2n) is 4.10. The summed E-state index contributed by atoms with van der Waals surface area (Å²) in [6.45, 7) is 2.07. The molecule has 0 amide bonds. The van der Waals surface area contributed by atoms with Crippen molar-refractivity contribution in [2.75, 3.05) is 18.0 Å². The van der Waals surface area contributed by atoms with Gasteiger partial charge in [0.1, 0.15) is 5.82 Å². The zero-order valence-electron chi connectivity index (χ0n) is 11.1. The molecule has 0 saturated carbocycles. The number of fused-ring (bicyclic) bond motifs is 1. The predicted octanol–water partition coefficient (Wildman–Crippen LogP) is -1.35. The topological polar surface area (TPSA) is 66.3 Å². The Morgan fingerprint density at radius 1 is 1.28 bits per heavy atom. The molecule has 1 saturated heterocycles. The Labute approximate surface area is 118 Å². The molecule has 0 aliphatic carbocycles. The summed E-state index contributed by atoms with van der Waals surface area (Å²) < 4.78 is 0. The van der Waals surface area contributed by atoms with E-state index in [-0.39, 0.29) is 25.9 Å². The molecule has 6 heteroatoms. The summed E-state index contributed by atoms with van der Waals surface area (Å²) >= 11 is 0. The normalized spacial score (nSPS) is 13.9. The van der Waals surface area contributed by atoms with Crippen LogP contribution in [-0.4, -0.2) is 34.1 Å². The van der Waals surface area contributed by atoms with E-state index in [9.17, 15) is 4.79 Å². The van der Waals surface area contributed by atoms with Crippen LogP contribution in [0, 0.1) is 0 Å². The van der Waals surface area contributed by atoms with Crippen molar-refractivity contribution in [2.24, 2.45) is 0 Å². The average molecular weight is 237 g/mol. The largest absolute Gasteiger partial charge is 1.00 e. The molecule has 88 valence electrons. The van der Waals surface area contributed by atoms with E-state index in [4.69, 9.17) is 5.11 Å². The smallest absolute Gasteiger partial charge is 1.00 e. The average Bonchev–Trinajstić information content (AvgIpc) is 2.26. The molecular weight excluding hydrogens is 225 g/mol. The Morgan fingerprint density at radius 3 is 2.67 bits per heavy atom. The fourth-order valence-corrected chi connectivity index (χ4v) is 1.85. The van der Waals surface area contributed by atoms with Gasteiger partial charge in [0.2, 0.25) is 0 Å². The van der Waals surface area contributed by atoms with Gasteiger partial charge in [0.25, 0.3) is 0 Å². The standard InChI is InChI=1S/C12H11N3O2.Li.H/c16-12(17)9-4-8-6-14-11(15-2-1-3-15)5-10(8)13-7-9;;/h4-7H,1-3H2,(H,16,17);;/q;+1;-1. The van der Waals surface area contributed by atoms with Gasteiger partial charge in [0.15, 0.2) is 0 Å². The zero-order chi connectivity index (χ0) is 11.8. The summed E-state index contributed by atoms with van der Waals surface area (Å²) in [5.41, 5.74) is 0.975. The Balaban J connectivity index is 0.000000902. The first-order valence-electron chi connectivity index (χ1n) is 5.48. The number of aromatic nitrogens is 2. The molecule has 3 rings (SSSR count). The Hall–Kier alpha value is -1.57. The van der Waals surface area contributed by atoms with E-state index in [1.54, 1.807) is 12.3 Å². The third-order valence-corrected chi connectivity index (χ3v) is 2.98. The number of aromatic carboxylic acids is 1. The van der Waals surface area contributed by atoms with Gasteiger partial charge >= 0.3 is 24.8 Å². The molecule has 2 aromatic heterocycles. The zero-order valence-corrected chi connectivity index (χ0v) is 10.1. The minimum Gasteiger partial charge on any atom is -1.00 e. The quantitative estimate of drug-likeness (QED) is 0.654. The summed E-state index contributed by atoms with van der Waals surface area (Å²) in [7, 11) is 0. The molecule has 1 aliphatic heterocycles. The molecular formula is C12H12LiN3O2. The van der Waals surface area contributed by atoms with E-state index in [1.165, 1.54) is 12.6 Å². The molecule has 0 bridgehead atoms. The fraction of sp³-hybridized carbons (Fsp3) is 0.250. The van der Waals surface area contributed by atoms with Gasteiger partial charge in [-0.2, -0.15) is 0 Å². The van der Waals surface area contributed by atoms with E-state index in [0.717, 1.165) is 29.8 Å². The summed E-state index contributed by atoms with van der Waals surface area (Å²) in [6, 6.07) is 3.50. The summed E-state index contributed by atoms with van der Waals surface area (Å²) in [5, 5.41) is 9.62. The van der Waals surface area contributed by atoms with Crippen molar-refractivity contribution in [1.82, 2.24) is 9.97 Å². The SMILES string of the molecule is O=C(O)c1cnc2cc(N3CCC3)ncc2c1.[H-].[Li+]. The van der Waals surface area contributed by atoms with E-state index >= 15 is 0 Å². The van der Waals surface area contributed by atoms with E-state index in [0.29, 0.717) is 0 Å². The minimum absolute atomic E-state index is 0. The number of pyridine rings is 2. The number of anilines is 1. The van der Waals surface area contributed by atoms with Crippen LogP contribution in [0.5, 0.6) is 0 Å². The van der Waals surface area contributed by atoms with E-state index in [2.05, 4.69) is 14.9 Å². The molecule has 18 heavy (non-hydrogen) atoms. The predicted molar refractivity (Wildman–Crippen MR) is 64.4 cm³/mol. The third kappa shape index (κ3) is 2.19. The number of nitrogens with zero attached hydrogens (tertiary/aromatic N) is 3. The molecule has 0 unspecified atom stereocenters. The number of carbonyl (C=O) groups is 1. The summed E-state index contributed by atoms with van der Waals surface area (Å²) in [4.78, 5) is 21.5. The van der Waals surface area contributed by atoms with Crippen LogP contribution < -0.4 is 23.8 Å². The van der Waals surface area contributed by atoms with Crippen LogP contribution >= 0.6 is 0 Å². The molecule has 1 aliphatic rings. The van der Waals surface area contributed by atoms with E-state index < -0.39 is 5.97 Å². The van der Waals surface area contributed by atoms with Crippen LogP contribution in [0.15, 0.2) is 24.5 Å². The van der Waals surface area contributed by atoms with Crippen molar-refractivity contribution < 1.29 is 30.2 Å². The second-order valence-corrected chi connectivity index (χ2v) is 4.10. The molecule has 0 atom stereocenters. The van der Waals surface area contributed by atoms with Crippen molar-refractivity contribution in [1.29, 1.82) is 0 Å². The van der Waals surface area contributed by atoms with Crippen LogP contribution in [0.25, 0.3) is 10.9 Å². The molecule has 1 fully saturated rings. The Morgan fingerprint density at radius 2 is 2.06 bits per heavy atom.